The third-order valence-corrected chi connectivity index (χ3v) is 10.2. The lowest BCUT2D eigenvalue weighted by molar-refractivity contribution is -0.113. The Balaban J connectivity index is 1.11. The summed E-state index contributed by atoms with van der Waals surface area (Å²) in [7, 11) is 1.87. The average Bonchev–Trinajstić information content (AvgIpc) is 2.87. The van der Waals surface area contributed by atoms with E-state index in [4.69, 9.17) is 0 Å². The third-order valence-electron chi connectivity index (χ3n) is 9.09. The van der Waals surface area contributed by atoms with Crippen LogP contribution in [0.1, 0.15) is 99.4 Å². The molecule has 0 radical (unpaired) electrons. The number of benzene rings is 1. The van der Waals surface area contributed by atoms with E-state index in [0.29, 0.717) is 30.5 Å². The fourth-order valence-corrected chi connectivity index (χ4v) is 8.54. The third kappa shape index (κ3) is 8.00. The maximum Gasteiger partial charge on any atom is 0.150 e. The van der Waals surface area contributed by atoms with E-state index in [2.05, 4.69) is 11.4 Å². The number of likely N-dealkylation sites (N-methyl/N-ethyl adjacent to an activating group) is 1. The van der Waals surface area contributed by atoms with Gasteiger partial charge in [-0.3, -0.25) is 9.69 Å². The molecule has 6 heteroatoms. The number of rotatable bonds is 18. The normalized spacial score (nSPS) is 26.9. The van der Waals surface area contributed by atoms with Crippen LogP contribution in [-0.4, -0.2) is 54.7 Å². The zero-order valence-electron chi connectivity index (χ0n) is 22.7. The van der Waals surface area contributed by atoms with Crippen molar-refractivity contribution in [3.05, 3.63) is 29.3 Å². The fraction of sp³-hybridized carbons (Fsp3) is 0.710. The van der Waals surface area contributed by atoms with Crippen molar-refractivity contribution in [3.63, 3.8) is 0 Å². The lowest BCUT2D eigenvalue weighted by Crippen LogP contribution is -2.58. The molecule has 1 aromatic rings. The largest absolute Gasteiger partial charge is 0.311 e. The summed E-state index contributed by atoms with van der Waals surface area (Å²) >= 11 is 1.85. The number of thioether (sulfide) groups is 1. The van der Waals surface area contributed by atoms with Gasteiger partial charge in [0.25, 0.3) is 0 Å². The van der Waals surface area contributed by atoms with Crippen molar-refractivity contribution < 1.29 is 14.4 Å². The number of aldehydes is 3. The van der Waals surface area contributed by atoms with Gasteiger partial charge in [-0.1, -0.05) is 25.3 Å². The maximum atomic E-state index is 11.6. The molecule has 5 nitrogen and oxygen atoms in total. The SMILES string of the molecule is CN(Cc1cc(SCCCCCCCNC23CC4CC(CC(C4)C2)C3)ccc1C=O)C(C=O)CCC=O. The van der Waals surface area contributed by atoms with Crippen molar-refractivity contribution in [2.45, 2.75) is 106 Å². The van der Waals surface area contributed by atoms with Gasteiger partial charge < -0.3 is 14.9 Å². The Bertz CT molecular complexity index is 869. The monoisotopic (exact) mass is 526 g/mol. The number of hydrogen-bond acceptors (Lipinski definition) is 6. The lowest BCUT2D eigenvalue weighted by atomic mass is 9.53. The van der Waals surface area contributed by atoms with Crippen LogP contribution >= 0.6 is 11.8 Å². The number of carbonyl (C=O) groups excluding carboxylic acids is 3. The van der Waals surface area contributed by atoms with Crippen LogP contribution in [0.25, 0.3) is 0 Å². The van der Waals surface area contributed by atoms with Crippen LogP contribution in [0.5, 0.6) is 0 Å². The molecule has 37 heavy (non-hydrogen) atoms. The highest BCUT2D eigenvalue weighted by atomic mass is 32.2. The van der Waals surface area contributed by atoms with Crippen LogP contribution in [-0.2, 0) is 16.1 Å². The summed E-state index contributed by atoms with van der Waals surface area (Å²) < 4.78 is 0. The summed E-state index contributed by atoms with van der Waals surface area (Å²) in [5.74, 6) is 4.14. The minimum atomic E-state index is -0.316. The van der Waals surface area contributed by atoms with E-state index in [1.165, 1.54) is 82.1 Å². The molecule has 1 aromatic carbocycles. The van der Waals surface area contributed by atoms with Gasteiger partial charge in [0, 0.05) is 29.0 Å². The predicted octanol–water partition coefficient (Wildman–Crippen LogP) is 6.08. The Kier molecular flexibility index (Phi) is 10.8. The Labute approximate surface area is 227 Å². The molecule has 5 rings (SSSR count). The standard InChI is InChI=1S/C31H46N2O3S/c1-33(29(23-36)8-7-12-34)21-28-17-30(10-9-27(28)22-35)37-13-6-4-2-3-5-11-32-31-18-24-14-25(19-31)16-26(15-24)20-31/h9-10,12,17,22-26,29,32H,2-8,11,13-16,18-21H2,1H3. The molecule has 4 saturated carbocycles. The van der Waals surface area contributed by atoms with Gasteiger partial charge in [0.2, 0.25) is 0 Å². The van der Waals surface area contributed by atoms with Gasteiger partial charge in [-0.25, -0.2) is 0 Å². The van der Waals surface area contributed by atoms with Crippen molar-refractivity contribution in [2.24, 2.45) is 17.8 Å². The number of nitrogens with one attached hydrogen (secondary N) is 1. The van der Waals surface area contributed by atoms with Gasteiger partial charge in [-0.05, 0) is 113 Å². The van der Waals surface area contributed by atoms with Crippen LogP contribution in [0, 0.1) is 17.8 Å². The quantitative estimate of drug-likeness (QED) is 0.142. The molecule has 1 unspecified atom stereocenters. The fourth-order valence-electron chi connectivity index (χ4n) is 7.57. The highest BCUT2D eigenvalue weighted by molar-refractivity contribution is 7.99. The van der Waals surface area contributed by atoms with E-state index >= 15 is 0 Å². The van der Waals surface area contributed by atoms with Crippen LogP contribution < -0.4 is 5.32 Å². The molecule has 1 atom stereocenters. The molecule has 0 aliphatic heterocycles. The molecule has 0 amide bonds. The maximum absolute atomic E-state index is 11.6. The Morgan fingerprint density at radius 3 is 2.32 bits per heavy atom. The topological polar surface area (TPSA) is 66.5 Å². The molecule has 0 saturated heterocycles. The first kappa shape index (κ1) is 28.5. The molecule has 0 spiro atoms. The van der Waals surface area contributed by atoms with Gasteiger partial charge in [0.05, 0.1) is 6.04 Å². The van der Waals surface area contributed by atoms with Gasteiger partial charge in [0.15, 0.2) is 0 Å². The number of nitrogens with zero attached hydrogens (tertiary/aromatic N) is 1. The molecule has 4 bridgehead atoms. The minimum Gasteiger partial charge on any atom is -0.311 e. The Morgan fingerprint density at radius 1 is 1.00 bits per heavy atom. The van der Waals surface area contributed by atoms with Gasteiger partial charge in [0.1, 0.15) is 18.9 Å². The van der Waals surface area contributed by atoms with Crippen molar-refractivity contribution >= 4 is 30.6 Å². The molecule has 204 valence electrons. The first-order valence-corrected chi connectivity index (χ1v) is 15.6. The Morgan fingerprint density at radius 2 is 1.68 bits per heavy atom. The van der Waals surface area contributed by atoms with Crippen LogP contribution in [0.15, 0.2) is 23.1 Å². The second-order valence-electron chi connectivity index (χ2n) is 12.1. The first-order chi connectivity index (χ1) is 18.0. The summed E-state index contributed by atoms with van der Waals surface area (Å²) in [5, 5.41) is 4.03. The molecule has 0 heterocycles. The average molecular weight is 527 g/mol. The Hall–Kier alpha value is -1.50. The highest BCUT2D eigenvalue weighted by Crippen LogP contribution is 2.55. The summed E-state index contributed by atoms with van der Waals surface area (Å²) in [6.07, 6.45) is 18.8. The van der Waals surface area contributed by atoms with Crippen molar-refractivity contribution in [3.8, 4) is 0 Å². The van der Waals surface area contributed by atoms with Crippen molar-refractivity contribution in [1.29, 1.82) is 0 Å². The summed E-state index contributed by atoms with van der Waals surface area (Å²) in [6.45, 7) is 1.71. The molecule has 4 fully saturated rings. The lowest BCUT2D eigenvalue weighted by Gasteiger charge is -2.57. The molecule has 0 aromatic heterocycles. The summed E-state index contributed by atoms with van der Waals surface area (Å²) in [5.41, 5.74) is 2.10. The van der Waals surface area contributed by atoms with Crippen molar-refractivity contribution in [1.82, 2.24) is 10.2 Å². The van der Waals surface area contributed by atoms with Crippen LogP contribution in [0.4, 0.5) is 0 Å². The molecule has 4 aliphatic carbocycles. The first-order valence-electron chi connectivity index (χ1n) is 14.6. The molecule has 4 aliphatic rings. The zero-order valence-corrected chi connectivity index (χ0v) is 23.5. The summed E-state index contributed by atoms with van der Waals surface area (Å²) in [4.78, 5) is 36.8. The van der Waals surface area contributed by atoms with E-state index in [9.17, 15) is 14.4 Å². The second kappa shape index (κ2) is 14.0. The predicted molar refractivity (Wildman–Crippen MR) is 151 cm³/mol. The number of hydrogen-bond donors (Lipinski definition) is 1. The van der Waals surface area contributed by atoms with Gasteiger partial charge in [-0.2, -0.15) is 0 Å². The second-order valence-corrected chi connectivity index (χ2v) is 13.3. The minimum absolute atomic E-state index is 0.316. The summed E-state index contributed by atoms with van der Waals surface area (Å²) in [6, 6.07) is 5.68. The van der Waals surface area contributed by atoms with E-state index in [1.807, 2.05) is 35.8 Å². The molecular weight excluding hydrogens is 480 g/mol. The van der Waals surface area contributed by atoms with Crippen LogP contribution in [0.2, 0.25) is 0 Å². The van der Waals surface area contributed by atoms with Crippen LogP contribution in [0.3, 0.4) is 0 Å². The smallest absolute Gasteiger partial charge is 0.150 e. The van der Waals surface area contributed by atoms with E-state index < -0.39 is 0 Å². The molecular formula is C31H46N2O3S. The number of carbonyl (C=O) groups is 3. The zero-order chi connectivity index (χ0) is 26.1. The van der Waals surface area contributed by atoms with Crippen molar-refractivity contribution in [2.75, 3.05) is 19.3 Å². The molecule has 1 N–H and O–H groups in total. The van der Waals surface area contributed by atoms with Gasteiger partial charge >= 0.3 is 0 Å². The highest BCUT2D eigenvalue weighted by Gasteiger charge is 2.50. The van der Waals surface area contributed by atoms with E-state index in [0.717, 1.165) is 47.9 Å². The van der Waals surface area contributed by atoms with E-state index in [1.54, 1.807) is 0 Å². The van der Waals surface area contributed by atoms with Gasteiger partial charge in [-0.15, -0.1) is 11.8 Å². The number of unbranched alkanes of at least 4 members (excludes halogenated alkanes) is 4. The van der Waals surface area contributed by atoms with E-state index in [-0.39, 0.29) is 6.04 Å².